The summed E-state index contributed by atoms with van der Waals surface area (Å²) < 4.78 is 38.9. The SMILES string of the molecule is CC(O)c1cnc2c(Cl)cc(C(F)(F)F)cn12. The summed E-state index contributed by atoms with van der Waals surface area (Å²) in [7, 11) is 0. The van der Waals surface area contributed by atoms with Crippen molar-refractivity contribution in [1.82, 2.24) is 9.38 Å². The number of halogens is 4. The molecule has 0 amide bonds. The molecule has 0 bridgehead atoms. The fraction of sp³-hybridized carbons (Fsp3) is 0.300. The average molecular weight is 265 g/mol. The summed E-state index contributed by atoms with van der Waals surface area (Å²) >= 11 is 5.72. The van der Waals surface area contributed by atoms with Gasteiger partial charge in [0.2, 0.25) is 0 Å². The van der Waals surface area contributed by atoms with E-state index in [4.69, 9.17) is 11.6 Å². The highest BCUT2D eigenvalue weighted by atomic mass is 35.5. The Morgan fingerprint density at radius 3 is 2.65 bits per heavy atom. The van der Waals surface area contributed by atoms with Crippen molar-refractivity contribution in [2.24, 2.45) is 0 Å². The Morgan fingerprint density at radius 2 is 2.12 bits per heavy atom. The van der Waals surface area contributed by atoms with Crippen LogP contribution in [0.5, 0.6) is 0 Å². The van der Waals surface area contributed by atoms with Crippen LogP contribution in [0.3, 0.4) is 0 Å². The standard InChI is InChI=1S/C10H8ClF3N2O/c1-5(17)8-3-15-9-7(11)2-6(4-16(8)9)10(12,13)14/h2-5,17H,1H3. The summed E-state index contributed by atoms with van der Waals surface area (Å²) in [5, 5.41) is 9.31. The Balaban J connectivity index is 2.74. The number of imidazole rings is 1. The van der Waals surface area contributed by atoms with E-state index in [1.807, 2.05) is 0 Å². The van der Waals surface area contributed by atoms with Crippen LogP contribution < -0.4 is 0 Å². The monoisotopic (exact) mass is 264 g/mol. The van der Waals surface area contributed by atoms with Gasteiger partial charge in [-0.3, -0.25) is 4.40 Å². The molecule has 0 aliphatic rings. The summed E-state index contributed by atoms with van der Waals surface area (Å²) in [4.78, 5) is 3.87. The highest BCUT2D eigenvalue weighted by Gasteiger charge is 2.32. The molecule has 2 rings (SSSR count). The third-order valence-electron chi connectivity index (χ3n) is 2.34. The van der Waals surface area contributed by atoms with Gasteiger partial charge in [0.05, 0.1) is 28.6 Å². The predicted octanol–water partition coefficient (Wildman–Crippen LogP) is 3.06. The van der Waals surface area contributed by atoms with Gasteiger partial charge in [-0.2, -0.15) is 13.2 Å². The molecule has 0 fully saturated rings. The van der Waals surface area contributed by atoms with Crippen molar-refractivity contribution in [1.29, 1.82) is 0 Å². The zero-order valence-corrected chi connectivity index (χ0v) is 9.42. The number of fused-ring (bicyclic) bond motifs is 1. The number of aromatic nitrogens is 2. The molecule has 3 nitrogen and oxygen atoms in total. The second-order valence-electron chi connectivity index (χ2n) is 3.63. The third-order valence-corrected chi connectivity index (χ3v) is 2.62. The lowest BCUT2D eigenvalue weighted by Gasteiger charge is -2.10. The van der Waals surface area contributed by atoms with Crippen molar-refractivity contribution in [3.8, 4) is 0 Å². The van der Waals surface area contributed by atoms with Crippen molar-refractivity contribution >= 4 is 17.2 Å². The van der Waals surface area contributed by atoms with Crippen LogP contribution in [0.25, 0.3) is 5.65 Å². The van der Waals surface area contributed by atoms with Crippen molar-refractivity contribution in [3.05, 3.63) is 34.7 Å². The van der Waals surface area contributed by atoms with Crippen molar-refractivity contribution in [2.45, 2.75) is 19.2 Å². The molecule has 7 heteroatoms. The lowest BCUT2D eigenvalue weighted by atomic mass is 10.2. The van der Waals surface area contributed by atoms with E-state index < -0.39 is 17.8 Å². The van der Waals surface area contributed by atoms with Crippen LogP contribution in [0.2, 0.25) is 5.02 Å². The van der Waals surface area contributed by atoms with E-state index in [0.29, 0.717) is 0 Å². The maximum Gasteiger partial charge on any atom is 0.417 e. The number of hydrogen-bond acceptors (Lipinski definition) is 2. The molecule has 0 saturated heterocycles. The molecule has 2 aromatic rings. The van der Waals surface area contributed by atoms with Crippen LogP contribution in [0, 0.1) is 0 Å². The van der Waals surface area contributed by atoms with Crippen LogP contribution in [-0.2, 0) is 6.18 Å². The Morgan fingerprint density at radius 1 is 1.47 bits per heavy atom. The molecule has 0 aromatic carbocycles. The number of hydrogen-bond donors (Lipinski definition) is 1. The summed E-state index contributed by atoms with van der Waals surface area (Å²) in [6.07, 6.45) is -3.25. The minimum atomic E-state index is -4.49. The van der Waals surface area contributed by atoms with Crippen LogP contribution in [-0.4, -0.2) is 14.5 Å². The van der Waals surface area contributed by atoms with Gasteiger partial charge in [-0.15, -0.1) is 0 Å². The van der Waals surface area contributed by atoms with E-state index in [1.165, 1.54) is 13.1 Å². The molecule has 1 atom stereocenters. The molecule has 1 unspecified atom stereocenters. The summed E-state index contributed by atoms with van der Waals surface area (Å²) in [6.45, 7) is 1.44. The first-order chi connectivity index (χ1) is 7.80. The quantitative estimate of drug-likeness (QED) is 0.860. The molecular formula is C10H8ClF3N2O. The molecule has 0 saturated carbocycles. The lowest BCUT2D eigenvalue weighted by molar-refractivity contribution is -0.137. The van der Waals surface area contributed by atoms with E-state index in [9.17, 15) is 18.3 Å². The number of nitrogens with zero attached hydrogens (tertiary/aromatic N) is 2. The van der Waals surface area contributed by atoms with Crippen molar-refractivity contribution < 1.29 is 18.3 Å². The van der Waals surface area contributed by atoms with Gasteiger partial charge in [0.1, 0.15) is 0 Å². The van der Waals surface area contributed by atoms with Crippen molar-refractivity contribution in [3.63, 3.8) is 0 Å². The molecule has 0 radical (unpaired) electrons. The first-order valence-electron chi connectivity index (χ1n) is 4.72. The number of rotatable bonds is 1. The number of aliphatic hydroxyl groups is 1. The smallest absolute Gasteiger partial charge is 0.387 e. The molecule has 0 aliphatic carbocycles. The minimum absolute atomic E-state index is 0.105. The Bertz CT molecular complexity index is 562. The fourth-order valence-corrected chi connectivity index (χ4v) is 1.79. The van der Waals surface area contributed by atoms with Crippen LogP contribution >= 0.6 is 11.6 Å². The second kappa shape index (κ2) is 3.89. The van der Waals surface area contributed by atoms with E-state index in [1.54, 1.807) is 0 Å². The number of alkyl halides is 3. The molecule has 1 N–H and O–H groups in total. The molecule has 2 heterocycles. The predicted molar refractivity (Wildman–Crippen MR) is 55.8 cm³/mol. The third kappa shape index (κ3) is 2.10. The molecule has 2 aromatic heterocycles. The summed E-state index contributed by atoms with van der Waals surface area (Å²) in [6, 6.07) is 0.815. The molecule has 0 aliphatic heterocycles. The highest BCUT2D eigenvalue weighted by Crippen LogP contribution is 2.33. The molecule has 92 valence electrons. The Hall–Kier alpha value is -1.27. The number of aliphatic hydroxyl groups excluding tert-OH is 1. The van der Waals surface area contributed by atoms with E-state index in [2.05, 4.69) is 4.98 Å². The summed E-state index contributed by atoms with van der Waals surface area (Å²) in [5.41, 5.74) is -0.432. The summed E-state index contributed by atoms with van der Waals surface area (Å²) in [5.74, 6) is 0. The first-order valence-corrected chi connectivity index (χ1v) is 5.10. The lowest BCUT2D eigenvalue weighted by Crippen LogP contribution is -2.08. The largest absolute Gasteiger partial charge is 0.417 e. The Labute approximate surface area is 99.5 Å². The maximum atomic E-state index is 12.6. The zero-order valence-electron chi connectivity index (χ0n) is 8.66. The maximum absolute atomic E-state index is 12.6. The van der Waals surface area contributed by atoms with Gasteiger partial charge in [-0.25, -0.2) is 4.98 Å². The van der Waals surface area contributed by atoms with E-state index >= 15 is 0 Å². The van der Waals surface area contributed by atoms with Crippen LogP contribution in [0.15, 0.2) is 18.5 Å². The Kier molecular flexibility index (Phi) is 2.79. The van der Waals surface area contributed by atoms with Gasteiger partial charge in [-0.05, 0) is 13.0 Å². The first kappa shape index (κ1) is 12.2. The van der Waals surface area contributed by atoms with Crippen LogP contribution in [0.1, 0.15) is 24.3 Å². The number of pyridine rings is 1. The van der Waals surface area contributed by atoms with Gasteiger partial charge >= 0.3 is 6.18 Å². The van der Waals surface area contributed by atoms with Gasteiger partial charge < -0.3 is 5.11 Å². The minimum Gasteiger partial charge on any atom is -0.387 e. The fourth-order valence-electron chi connectivity index (χ4n) is 1.53. The van der Waals surface area contributed by atoms with Gasteiger partial charge in [0.15, 0.2) is 5.65 Å². The van der Waals surface area contributed by atoms with E-state index in [-0.39, 0.29) is 16.4 Å². The second-order valence-corrected chi connectivity index (χ2v) is 4.03. The molecular weight excluding hydrogens is 257 g/mol. The zero-order chi connectivity index (χ0) is 12.8. The van der Waals surface area contributed by atoms with Crippen LogP contribution in [0.4, 0.5) is 13.2 Å². The highest BCUT2D eigenvalue weighted by molar-refractivity contribution is 6.33. The van der Waals surface area contributed by atoms with Gasteiger partial charge in [0.25, 0.3) is 0 Å². The van der Waals surface area contributed by atoms with Crippen molar-refractivity contribution in [2.75, 3.05) is 0 Å². The van der Waals surface area contributed by atoms with Gasteiger partial charge in [0, 0.05) is 6.20 Å². The average Bonchev–Trinajstić information content (AvgIpc) is 2.60. The molecule has 17 heavy (non-hydrogen) atoms. The van der Waals surface area contributed by atoms with Gasteiger partial charge in [-0.1, -0.05) is 11.6 Å². The van der Waals surface area contributed by atoms with E-state index in [0.717, 1.165) is 16.7 Å². The normalized spacial score (nSPS) is 14.2. The topological polar surface area (TPSA) is 37.5 Å². The molecule has 0 spiro atoms.